The first-order valence-corrected chi connectivity index (χ1v) is 37.0. The molecule has 0 radical (unpaired) electrons. The molecular weight excluding hydrogens is 1270 g/mol. The van der Waals surface area contributed by atoms with Crippen molar-refractivity contribution in [1.29, 1.82) is 0 Å². The molecule has 564 valence electrons. The number of rotatable bonds is 0. The number of hydrogen-bond donors (Lipinski definition) is 0. The summed E-state index contributed by atoms with van der Waals surface area (Å²) in [7, 11) is 0. The quantitative estimate of drug-likeness (QED) is 0.133. The summed E-state index contributed by atoms with van der Waals surface area (Å²) < 4.78 is 0. The van der Waals surface area contributed by atoms with Crippen molar-refractivity contribution in [3.63, 3.8) is 0 Å². The lowest BCUT2D eigenvalue weighted by molar-refractivity contribution is 1.47. The maximum Gasteiger partial charge on any atom is -0.0146 e. The van der Waals surface area contributed by atoms with Gasteiger partial charge in [-0.15, -0.1) is 0 Å². The third-order valence-electron chi connectivity index (χ3n) is 17.6. The maximum absolute atomic E-state index is 2.30. The fourth-order valence-corrected chi connectivity index (χ4v) is 12.5. The van der Waals surface area contributed by atoms with Gasteiger partial charge in [0.15, 0.2) is 0 Å². The Morgan fingerprint density at radius 1 is 0.132 bits per heavy atom. The first kappa shape index (κ1) is 98.2. The average molecular weight is 1410 g/mol. The first-order chi connectivity index (χ1) is 48.5. The van der Waals surface area contributed by atoms with Crippen LogP contribution in [-0.4, -0.2) is 0 Å². The van der Waals surface area contributed by atoms with Gasteiger partial charge in [0, 0.05) is 0 Å². The molecule has 106 heavy (non-hydrogen) atoms. The van der Waals surface area contributed by atoms with Gasteiger partial charge in [0.1, 0.15) is 0 Å². The van der Waals surface area contributed by atoms with E-state index in [2.05, 4.69) is 350 Å². The standard InChI is InChI=1S/4C16H14.2C12H12.6C2H6.6CH4/c1-11-3-5-13-10-16-8-12(2)4-6-14(16)9-15(13)7-11;1-11-5-3-7-13-10-16-12(2)6-4-8-14(16)9-15(11)13;1-11-13-7-3-5-9-15(13)12(2)16-10-6-4-8-14(11)16;1-11-7-8-12(2)16-10-14-6-4-3-5-13(14)9-15(11)16;1-9-3-5-11-6-4-10(2)8-12(11)7-9;1-9-6-7-12-10(2)4-3-5-11(12)8-9;6*1-2;;;;;;/h4*3-10H,1-2H3;2*3-8H,1-2H3;6*1-2H3;6*1H4. The molecule has 0 aliphatic carbocycles. The van der Waals surface area contributed by atoms with Crippen LogP contribution in [0.25, 0.3) is 108 Å². The van der Waals surface area contributed by atoms with E-state index in [-0.39, 0.29) is 44.6 Å². The van der Waals surface area contributed by atoms with Crippen LogP contribution in [0.15, 0.2) is 267 Å². The van der Waals surface area contributed by atoms with E-state index in [1.165, 1.54) is 174 Å². The van der Waals surface area contributed by atoms with Crippen molar-refractivity contribution in [3.05, 3.63) is 334 Å². The molecule has 0 nitrogen and oxygen atoms in total. The van der Waals surface area contributed by atoms with Crippen molar-refractivity contribution in [2.24, 2.45) is 0 Å². The van der Waals surface area contributed by atoms with E-state index in [9.17, 15) is 0 Å². The highest BCUT2D eigenvalue weighted by Crippen LogP contribution is 2.33. The van der Waals surface area contributed by atoms with Crippen LogP contribution in [-0.2, 0) is 0 Å². The number of benzene rings is 16. The second-order valence-electron chi connectivity index (χ2n) is 24.4. The van der Waals surface area contributed by atoms with Gasteiger partial charge in [-0.25, -0.2) is 0 Å². The van der Waals surface area contributed by atoms with Crippen LogP contribution >= 0.6 is 0 Å². The molecule has 0 aromatic heterocycles. The second kappa shape index (κ2) is 49.8. The molecule has 0 aliphatic rings. The van der Waals surface area contributed by atoms with Gasteiger partial charge in [0.2, 0.25) is 0 Å². The van der Waals surface area contributed by atoms with Gasteiger partial charge in [-0.3, -0.25) is 0 Å². The zero-order valence-electron chi connectivity index (χ0n) is 65.4. The van der Waals surface area contributed by atoms with Gasteiger partial charge in [-0.05, 0) is 266 Å². The molecule has 16 rings (SSSR count). The van der Waals surface area contributed by atoms with Crippen molar-refractivity contribution in [2.45, 2.75) is 211 Å². The van der Waals surface area contributed by atoms with Crippen LogP contribution in [0.5, 0.6) is 0 Å². The van der Waals surface area contributed by atoms with E-state index in [4.69, 9.17) is 0 Å². The van der Waals surface area contributed by atoms with Crippen LogP contribution < -0.4 is 0 Å². The molecule has 0 spiro atoms. The smallest absolute Gasteiger partial charge is 0.0146 e. The highest BCUT2D eigenvalue weighted by atomic mass is 14.1. The molecule has 0 unspecified atom stereocenters. The molecular formula is C106H140. The highest BCUT2D eigenvalue weighted by molar-refractivity contribution is 6.06. The second-order valence-corrected chi connectivity index (χ2v) is 24.4. The van der Waals surface area contributed by atoms with Gasteiger partial charge in [0.05, 0.1) is 0 Å². The molecule has 0 aliphatic heterocycles. The Balaban J connectivity index is 0. The first-order valence-electron chi connectivity index (χ1n) is 37.0. The molecule has 0 saturated heterocycles. The van der Waals surface area contributed by atoms with Crippen LogP contribution in [0.1, 0.15) is 194 Å². The number of fused-ring (bicyclic) bond motifs is 10. The molecule has 0 atom stereocenters. The Labute approximate surface area is 648 Å². The van der Waals surface area contributed by atoms with Crippen LogP contribution in [0.2, 0.25) is 0 Å². The minimum atomic E-state index is 0. The van der Waals surface area contributed by atoms with Crippen LogP contribution in [0.4, 0.5) is 0 Å². The summed E-state index contributed by atoms with van der Waals surface area (Å²) >= 11 is 0. The lowest BCUT2D eigenvalue weighted by Gasteiger charge is -2.11. The summed E-state index contributed by atoms with van der Waals surface area (Å²) in [6.07, 6.45) is 0. The predicted molar refractivity (Wildman–Crippen MR) is 499 cm³/mol. The van der Waals surface area contributed by atoms with E-state index >= 15 is 0 Å². The summed E-state index contributed by atoms with van der Waals surface area (Å²) in [5, 5.41) is 27.0. The summed E-state index contributed by atoms with van der Waals surface area (Å²) in [6, 6.07) is 96.3. The number of aryl methyl sites for hydroxylation is 12. The SMILES string of the molecule is C.C.C.C.C.C.CC.CC.CC.CC.CC.CC.Cc1c2ccccc2c(C)c2ccccc12.Cc1ccc(C)c2cc3ccccc3cc12.Cc1ccc2c(C)cccc2c1.Cc1ccc2cc3cc(C)ccc3cc2c1.Cc1ccc2ccc(C)cc2c1.Cc1cccc2cc3c(C)cccc3cc12. The lowest BCUT2D eigenvalue weighted by Crippen LogP contribution is -1.87. The van der Waals surface area contributed by atoms with E-state index in [1.807, 2.05) is 83.1 Å². The minimum absolute atomic E-state index is 0. The van der Waals surface area contributed by atoms with Crippen molar-refractivity contribution >= 4 is 108 Å². The summed E-state index contributed by atoms with van der Waals surface area (Å²) in [5.74, 6) is 0. The van der Waals surface area contributed by atoms with Crippen molar-refractivity contribution in [3.8, 4) is 0 Å². The van der Waals surface area contributed by atoms with Crippen LogP contribution in [0.3, 0.4) is 0 Å². The lowest BCUT2D eigenvalue weighted by atomic mass is 9.93. The molecule has 0 heterocycles. The molecule has 0 amide bonds. The van der Waals surface area contributed by atoms with Gasteiger partial charge in [-0.2, -0.15) is 0 Å². The van der Waals surface area contributed by atoms with Gasteiger partial charge < -0.3 is 0 Å². The fraction of sp³-hybridized carbons (Fsp3) is 0.283. The Kier molecular flexibility index (Phi) is 46.1. The molecule has 0 heteroatoms. The van der Waals surface area contributed by atoms with E-state index in [1.54, 1.807) is 0 Å². The molecule has 16 aromatic carbocycles. The number of hydrogen-bond acceptors (Lipinski definition) is 0. The average Bonchev–Trinajstić information content (AvgIpc) is 0.804. The zero-order chi connectivity index (χ0) is 73.6. The van der Waals surface area contributed by atoms with Crippen LogP contribution in [0, 0.1) is 83.1 Å². The van der Waals surface area contributed by atoms with Gasteiger partial charge in [-0.1, -0.05) is 386 Å². The molecule has 0 N–H and O–H groups in total. The third-order valence-corrected chi connectivity index (χ3v) is 17.6. The van der Waals surface area contributed by atoms with Gasteiger partial charge >= 0.3 is 0 Å². The predicted octanol–water partition coefficient (Wildman–Crippen LogP) is 35.3. The third kappa shape index (κ3) is 25.4. The van der Waals surface area contributed by atoms with E-state index in [0.717, 1.165) is 0 Å². The zero-order valence-corrected chi connectivity index (χ0v) is 65.4. The fourth-order valence-electron chi connectivity index (χ4n) is 12.5. The van der Waals surface area contributed by atoms with E-state index in [0.29, 0.717) is 0 Å². The molecule has 16 aromatic rings. The summed E-state index contributed by atoms with van der Waals surface area (Å²) in [6.45, 7) is 49.9. The Morgan fingerprint density at radius 2 is 0.349 bits per heavy atom. The van der Waals surface area contributed by atoms with Crippen molar-refractivity contribution in [1.82, 2.24) is 0 Å². The Bertz CT molecular complexity index is 4880. The molecule has 0 bridgehead atoms. The molecule has 0 saturated carbocycles. The van der Waals surface area contributed by atoms with Crippen molar-refractivity contribution < 1.29 is 0 Å². The largest absolute Gasteiger partial charge is 0.0776 e. The van der Waals surface area contributed by atoms with Gasteiger partial charge in [0.25, 0.3) is 0 Å². The monoisotopic (exact) mass is 1410 g/mol. The highest BCUT2D eigenvalue weighted by Gasteiger charge is 2.08. The summed E-state index contributed by atoms with van der Waals surface area (Å²) in [5.41, 5.74) is 16.1. The van der Waals surface area contributed by atoms with E-state index < -0.39 is 0 Å². The van der Waals surface area contributed by atoms with Crippen molar-refractivity contribution in [2.75, 3.05) is 0 Å². The maximum atomic E-state index is 2.30. The minimum Gasteiger partial charge on any atom is -0.0776 e. The Morgan fingerprint density at radius 3 is 0.670 bits per heavy atom. The topological polar surface area (TPSA) is 0 Å². The Hall–Kier alpha value is -9.88. The molecule has 0 fully saturated rings. The normalized spacial score (nSPS) is 9.43. The summed E-state index contributed by atoms with van der Waals surface area (Å²) in [4.78, 5) is 0.